The van der Waals surface area contributed by atoms with Crippen molar-refractivity contribution in [2.75, 3.05) is 6.73 Å². The van der Waals surface area contributed by atoms with E-state index in [2.05, 4.69) is 35.7 Å². The SMILES string of the molecule is C=CC(=O)OCN(Cc1ccccc1)Cc1ccccc1. The zero-order valence-electron chi connectivity index (χ0n) is 11.9. The van der Waals surface area contributed by atoms with Crippen molar-refractivity contribution in [2.45, 2.75) is 13.1 Å². The van der Waals surface area contributed by atoms with Gasteiger partial charge in [-0.05, 0) is 11.1 Å². The molecular weight excluding hydrogens is 262 g/mol. The Labute approximate surface area is 125 Å². The average Bonchev–Trinajstić information content (AvgIpc) is 2.54. The van der Waals surface area contributed by atoms with Gasteiger partial charge in [0.05, 0.1) is 0 Å². The lowest BCUT2D eigenvalue weighted by Crippen LogP contribution is -2.27. The first-order valence-corrected chi connectivity index (χ1v) is 6.87. The van der Waals surface area contributed by atoms with Crippen LogP contribution in [0.3, 0.4) is 0 Å². The van der Waals surface area contributed by atoms with Crippen LogP contribution in [0.2, 0.25) is 0 Å². The molecule has 0 atom stereocenters. The maximum absolute atomic E-state index is 11.3. The second-order valence-corrected chi connectivity index (χ2v) is 4.75. The first-order valence-electron chi connectivity index (χ1n) is 6.87. The van der Waals surface area contributed by atoms with Crippen LogP contribution in [0, 0.1) is 0 Å². The third-order valence-electron chi connectivity index (χ3n) is 3.05. The minimum atomic E-state index is -0.402. The molecule has 0 unspecified atom stereocenters. The van der Waals surface area contributed by atoms with Crippen LogP contribution < -0.4 is 0 Å². The summed E-state index contributed by atoms with van der Waals surface area (Å²) < 4.78 is 5.17. The van der Waals surface area contributed by atoms with Gasteiger partial charge in [0.2, 0.25) is 0 Å². The Morgan fingerprint density at radius 1 is 0.952 bits per heavy atom. The molecule has 0 N–H and O–H groups in total. The summed E-state index contributed by atoms with van der Waals surface area (Å²) >= 11 is 0. The minimum Gasteiger partial charge on any atom is -0.446 e. The number of hydrogen-bond donors (Lipinski definition) is 0. The molecule has 0 bridgehead atoms. The van der Waals surface area contributed by atoms with Gasteiger partial charge >= 0.3 is 5.97 Å². The second-order valence-electron chi connectivity index (χ2n) is 4.75. The van der Waals surface area contributed by atoms with Crippen LogP contribution in [0.5, 0.6) is 0 Å². The van der Waals surface area contributed by atoms with Crippen LogP contribution in [0.1, 0.15) is 11.1 Å². The molecule has 0 aliphatic rings. The highest BCUT2D eigenvalue weighted by Gasteiger charge is 2.09. The van der Waals surface area contributed by atoms with Gasteiger partial charge in [0.25, 0.3) is 0 Å². The Hall–Kier alpha value is -2.39. The van der Waals surface area contributed by atoms with Gasteiger partial charge in [0, 0.05) is 19.2 Å². The van der Waals surface area contributed by atoms with Crippen molar-refractivity contribution in [3.8, 4) is 0 Å². The second kappa shape index (κ2) is 8.02. The summed E-state index contributed by atoms with van der Waals surface area (Å²) in [5.41, 5.74) is 2.37. The molecule has 0 amide bonds. The summed E-state index contributed by atoms with van der Waals surface area (Å²) in [5.74, 6) is -0.402. The zero-order chi connectivity index (χ0) is 14.9. The maximum Gasteiger partial charge on any atom is 0.331 e. The summed E-state index contributed by atoms with van der Waals surface area (Å²) in [4.78, 5) is 13.3. The van der Waals surface area contributed by atoms with Gasteiger partial charge in [0.15, 0.2) is 0 Å². The predicted molar refractivity (Wildman–Crippen MR) is 83.3 cm³/mol. The quantitative estimate of drug-likeness (QED) is 0.443. The van der Waals surface area contributed by atoms with Crippen LogP contribution in [0.25, 0.3) is 0 Å². The lowest BCUT2D eigenvalue weighted by atomic mass is 10.2. The van der Waals surface area contributed by atoms with E-state index < -0.39 is 5.97 Å². The summed E-state index contributed by atoms with van der Waals surface area (Å²) in [6.45, 7) is 5.10. The zero-order valence-corrected chi connectivity index (χ0v) is 11.9. The number of benzene rings is 2. The monoisotopic (exact) mass is 281 g/mol. The van der Waals surface area contributed by atoms with Gasteiger partial charge in [-0.3, -0.25) is 4.90 Å². The molecule has 2 aromatic carbocycles. The number of carbonyl (C=O) groups excluding carboxylic acids is 1. The van der Waals surface area contributed by atoms with Crippen molar-refractivity contribution in [1.29, 1.82) is 0 Å². The van der Waals surface area contributed by atoms with Crippen LogP contribution >= 0.6 is 0 Å². The Bertz CT molecular complexity index is 525. The molecule has 0 aliphatic heterocycles. The van der Waals surface area contributed by atoms with E-state index in [0.29, 0.717) is 0 Å². The number of rotatable bonds is 7. The van der Waals surface area contributed by atoms with Gasteiger partial charge in [-0.25, -0.2) is 4.79 Å². The highest BCUT2D eigenvalue weighted by atomic mass is 16.5. The Balaban J connectivity index is 2.02. The topological polar surface area (TPSA) is 29.5 Å². The van der Waals surface area contributed by atoms with Gasteiger partial charge in [-0.1, -0.05) is 67.2 Å². The smallest absolute Gasteiger partial charge is 0.331 e. The number of esters is 1. The first kappa shape index (κ1) is 15.0. The molecule has 0 saturated heterocycles. The molecule has 108 valence electrons. The van der Waals surface area contributed by atoms with Crippen molar-refractivity contribution in [2.24, 2.45) is 0 Å². The van der Waals surface area contributed by atoms with Crippen LogP contribution in [0.4, 0.5) is 0 Å². The van der Waals surface area contributed by atoms with E-state index >= 15 is 0 Å². The highest BCUT2D eigenvalue weighted by Crippen LogP contribution is 2.10. The van der Waals surface area contributed by atoms with E-state index in [9.17, 15) is 4.79 Å². The Morgan fingerprint density at radius 2 is 1.43 bits per heavy atom. The molecule has 2 aromatic rings. The van der Waals surface area contributed by atoms with E-state index in [1.165, 1.54) is 17.2 Å². The van der Waals surface area contributed by atoms with E-state index in [-0.39, 0.29) is 6.73 Å². The van der Waals surface area contributed by atoms with Crippen LogP contribution in [-0.4, -0.2) is 17.6 Å². The molecule has 0 radical (unpaired) electrons. The third kappa shape index (κ3) is 5.24. The molecule has 0 saturated carbocycles. The Kier molecular flexibility index (Phi) is 5.73. The fourth-order valence-electron chi connectivity index (χ4n) is 2.04. The summed E-state index contributed by atoms with van der Waals surface area (Å²) in [6.07, 6.45) is 1.18. The van der Waals surface area contributed by atoms with Gasteiger partial charge in [-0.2, -0.15) is 0 Å². The third-order valence-corrected chi connectivity index (χ3v) is 3.05. The van der Waals surface area contributed by atoms with E-state index in [4.69, 9.17) is 4.74 Å². The van der Waals surface area contributed by atoms with Gasteiger partial charge in [-0.15, -0.1) is 0 Å². The van der Waals surface area contributed by atoms with E-state index in [0.717, 1.165) is 13.1 Å². The van der Waals surface area contributed by atoms with Crippen molar-refractivity contribution in [1.82, 2.24) is 4.90 Å². The largest absolute Gasteiger partial charge is 0.446 e. The lowest BCUT2D eigenvalue weighted by Gasteiger charge is -2.22. The van der Waals surface area contributed by atoms with Crippen molar-refractivity contribution in [3.63, 3.8) is 0 Å². The average molecular weight is 281 g/mol. The summed E-state index contributed by atoms with van der Waals surface area (Å²) in [6, 6.07) is 20.3. The van der Waals surface area contributed by atoms with E-state index in [1.54, 1.807) is 0 Å². The number of carbonyl (C=O) groups is 1. The fourth-order valence-corrected chi connectivity index (χ4v) is 2.04. The lowest BCUT2D eigenvalue weighted by molar-refractivity contribution is -0.143. The summed E-state index contributed by atoms with van der Waals surface area (Å²) in [7, 11) is 0. The Morgan fingerprint density at radius 3 is 1.86 bits per heavy atom. The molecule has 0 spiro atoms. The molecule has 0 aromatic heterocycles. The van der Waals surface area contributed by atoms with Crippen molar-refractivity contribution < 1.29 is 9.53 Å². The molecular formula is C18H19NO2. The van der Waals surface area contributed by atoms with E-state index in [1.807, 2.05) is 36.4 Å². The molecule has 3 nitrogen and oxygen atoms in total. The number of nitrogens with zero attached hydrogens (tertiary/aromatic N) is 1. The fraction of sp³-hybridized carbons (Fsp3) is 0.167. The molecule has 0 fully saturated rings. The van der Waals surface area contributed by atoms with Gasteiger partial charge in [0.1, 0.15) is 6.73 Å². The maximum atomic E-state index is 11.3. The summed E-state index contributed by atoms with van der Waals surface area (Å²) in [5, 5.41) is 0. The molecule has 0 heterocycles. The van der Waals surface area contributed by atoms with Crippen LogP contribution in [0.15, 0.2) is 73.3 Å². The molecule has 3 heteroatoms. The standard InChI is InChI=1S/C18H19NO2/c1-2-18(20)21-15-19(13-16-9-5-3-6-10-16)14-17-11-7-4-8-12-17/h2-12H,1,13-15H2. The number of hydrogen-bond acceptors (Lipinski definition) is 3. The molecule has 0 aliphatic carbocycles. The minimum absolute atomic E-state index is 0.245. The molecule has 21 heavy (non-hydrogen) atoms. The normalized spacial score (nSPS) is 10.3. The van der Waals surface area contributed by atoms with Crippen molar-refractivity contribution >= 4 is 5.97 Å². The first-order chi connectivity index (χ1) is 10.3. The highest BCUT2D eigenvalue weighted by molar-refractivity contribution is 5.81. The number of ether oxygens (including phenoxy) is 1. The van der Waals surface area contributed by atoms with Crippen molar-refractivity contribution in [3.05, 3.63) is 84.4 Å². The van der Waals surface area contributed by atoms with Gasteiger partial charge < -0.3 is 4.74 Å². The van der Waals surface area contributed by atoms with Crippen LogP contribution in [-0.2, 0) is 22.6 Å². The molecule has 2 rings (SSSR count). The predicted octanol–water partition coefficient (Wildman–Crippen LogP) is 3.38.